The summed E-state index contributed by atoms with van der Waals surface area (Å²) in [5.41, 5.74) is 2.85. The number of ether oxygens (including phenoxy) is 1. The first kappa shape index (κ1) is 15.0. The van der Waals surface area contributed by atoms with Crippen LogP contribution in [0.25, 0.3) is 0 Å². The monoisotopic (exact) mass is 276 g/mol. The van der Waals surface area contributed by atoms with Crippen LogP contribution in [0.5, 0.6) is 0 Å². The van der Waals surface area contributed by atoms with Gasteiger partial charge in [-0.3, -0.25) is 4.79 Å². The summed E-state index contributed by atoms with van der Waals surface area (Å²) in [4.78, 5) is 11.9. The molecule has 0 heterocycles. The highest BCUT2D eigenvalue weighted by Crippen LogP contribution is 2.21. The van der Waals surface area contributed by atoms with E-state index in [1.165, 1.54) is 11.1 Å². The molecule has 1 aromatic rings. The second-order valence-electron chi connectivity index (χ2n) is 5.38. The Bertz CT molecular complexity index is 448. The van der Waals surface area contributed by atoms with Gasteiger partial charge in [0.1, 0.15) is 0 Å². The van der Waals surface area contributed by atoms with Crippen molar-refractivity contribution in [3.63, 3.8) is 0 Å². The predicted molar refractivity (Wildman–Crippen MR) is 79.7 cm³/mol. The summed E-state index contributed by atoms with van der Waals surface area (Å²) >= 11 is 0. The molecule has 20 heavy (non-hydrogen) atoms. The third-order valence-electron chi connectivity index (χ3n) is 3.83. The Morgan fingerprint density at radius 2 is 2.15 bits per heavy atom. The lowest BCUT2D eigenvalue weighted by atomic mass is 9.88. The summed E-state index contributed by atoms with van der Waals surface area (Å²) in [5.74, 6) is 0.0425. The molecule has 0 aromatic heterocycles. The summed E-state index contributed by atoms with van der Waals surface area (Å²) in [5, 5.41) is 6.30. The number of hydrogen-bond acceptors (Lipinski definition) is 3. The number of fused-ring (bicyclic) bond motifs is 1. The lowest BCUT2D eigenvalue weighted by Crippen LogP contribution is -2.48. The highest BCUT2D eigenvalue weighted by atomic mass is 16.5. The van der Waals surface area contributed by atoms with Gasteiger partial charge in [-0.05, 0) is 37.3 Å². The van der Waals surface area contributed by atoms with Gasteiger partial charge in [0.25, 0.3) is 0 Å². The van der Waals surface area contributed by atoms with Crippen LogP contribution < -0.4 is 10.6 Å². The van der Waals surface area contributed by atoms with Gasteiger partial charge in [0.15, 0.2) is 0 Å². The zero-order valence-electron chi connectivity index (χ0n) is 12.3. The molecule has 0 bridgehead atoms. The number of carbonyl (C=O) groups is 1. The number of amides is 1. The number of aryl methyl sites for hydroxylation is 1. The molecule has 2 atom stereocenters. The van der Waals surface area contributed by atoms with Crippen LogP contribution in [0.4, 0.5) is 0 Å². The Morgan fingerprint density at radius 1 is 1.40 bits per heavy atom. The Kier molecular flexibility index (Phi) is 5.56. The third-order valence-corrected chi connectivity index (χ3v) is 3.83. The highest BCUT2D eigenvalue weighted by molar-refractivity contribution is 5.81. The van der Waals surface area contributed by atoms with Gasteiger partial charge in [-0.15, -0.1) is 0 Å². The first-order chi connectivity index (χ1) is 9.70. The minimum atomic E-state index is -0.165. The summed E-state index contributed by atoms with van der Waals surface area (Å²) in [7, 11) is 1.63. The molecule has 4 nitrogen and oxygen atoms in total. The van der Waals surface area contributed by atoms with Crippen molar-refractivity contribution >= 4 is 5.91 Å². The maximum atomic E-state index is 11.9. The fraction of sp³-hybridized carbons (Fsp3) is 0.562. The van der Waals surface area contributed by atoms with E-state index in [1.807, 2.05) is 6.92 Å². The lowest BCUT2D eigenvalue weighted by molar-refractivity contribution is -0.123. The van der Waals surface area contributed by atoms with Crippen LogP contribution >= 0.6 is 0 Å². The number of benzene rings is 1. The van der Waals surface area contributed by atoms with Crippen molar-refractivity contribution < 1.29 is 9.53 Å². The van der Waals surface area contributed by atoms with Crippen molar-refractivity contribution in [2.75, 3.05) is 20.3 Å². The third kappa shape index (κ3) is 4.05. The van der Waals surface area contributed by atoms with Gasteiger partial charge in [0, 0.05) is 19.7 Å². The van der Waals surface area contributed by atoms with Gasteiger partial charge in [0.05, 0.1) is 12.6 Å². The van der Waals surface area contributed by atoms with Crippen molar-refractivity contribution in [1.29, 1.82) is 0 Å². The van der Waals surface area contributed by atoms with Gasteiger partial charge in [-0.2, -0.15) is 0 Å². The number of rotatable bonds is 6. The van der Waals surface area contributed by atoms with Crippen molar-refractivity contribution in [1.82, 2.24) is 10.6 Å². The van der Waals surface area contributed by atoms with Crippen LogP contribution in [-0.4, -0.2) is 38.3 Å². The van der Waals surface area contributed by atoms with E-state index >= 15 is 0 Å². The average molecular weight is 276 g/mol. The van der Waals surface area contributed by atoms with Crippen molar-refractivity contribution in [2.45, 2.75) is 38.3 Å². The summed E-state index contributed by atoms with van der Waals surface area (Å²) in [6, 6.07) is 8.79. The molecule has 0 radical (unpaired) electrons. The smallest absolute Gasteiger partial charge is 0.236 e. The second-order valence-corrected chi connectivity index (χ2v) is 5.38. The maximum absolute atomic E-state index is 11.9. The first-order valence-electron chi connectivity index (χ1n) is 7.30. The largest absolute Gasteiger partial charge is 0.383 e. The lowest BCUT2D eigenvalue weighted by Gasteiger charge is -2.28. The molecule has 2 N–H and O–H groups in total. The van der Waals surface area contributed by atoms with E-state index in [-0.39, 0.29) is 11.9 Å². The highest BCUT2D eigenvalue weighted by Gasteiger charge is 2.22. The SMILES string of the molecule is COCCNC(=O)C(C)NC1CCc2ccccc2C1. The van der Waals surface area contributed by atoms with E-state index in [2.05, 4.69) is 34.9 Å². The molecule has 1 aliphatic rings. The molecule has 110 valence electrons. The second kappa shape index (κ2) is 7.41. The van der Waals surface area contributed by atoms with E-state index in [0.717, 1.165) is 19.3 Å². The van der Waals surface area contributed by atoms with Crippen LogP contribution in [-0.2, 0) is 22.4 Å². The van der Waals surface area contributed by atoms with Gasteiger partial charge in [-0.1, -0.05) is 24.3 Å². The van der Waals surface area contributed by atoms with Crippen LogP contribution in [0.3, 0.4) is 0 Å². The van der Waals surface area contributed by atoms with E-state index in [0.29, 0.717) is 19.2 Å². The molecule has 1 aromatic carbocycles. The van der Waals surface area contributed by atoms with Crippen molar-refractivity contribution in [3.8, 4) is 0 Å². The van der Waals surface area contributed by atoms with E-state index < -0.39 is 0 Å². The number of hydrogen-bond donors (Lipinski definition) is 2. The van der Waals surface area contributed by atoms with Crippen LogP contribution in [0.15, 0.2) is 24.3 Å². The minimum absolute atomic E-state index is 0.0425. The molecule has 0 aliphatic heterocycles. The fourth-order valence-electron chi connectivity index (χ4n) is 2.70. The van der Waals surface area contributed by atoms with Crippen LogP contribution in [0.1, 0.15) is 24.5 Å². The van der Waals surface area contributed by atoms with Crippen molar-refractivity contribution in [3.05, 3.63) is 35.4 Å². The predicted octanol–water partition coefficient (Wildman–Crippen LogP) is 1.28. The first-order valence-corrected chi connectivity index (χ1v) is 7.30. The summed E-state index contributed by atoms with van der Waals surface area (Å²) in [6.07, 6.45) is 3.18. The molecule has 0 saturated carbocycles. The number of methoxy groups -OCH3 is 1. The van der Waals surface area contributed by atoms with E-state index in [1.54, 1.807) is 7.11 Å². The summed E-state index contributed by atoms with van der Waals surface area (Å²) < 4.78 is 4.93. The molecule has 2 rings (SSSR count). The fourth-order valence-corrected chi connectivity index (χ4v) is 2.70. The Hall–Kier alpha value is -1.39. The molecular formula is C16H24N2O2. The van der Waals surface area contributed by atoms with Gasteiger partial charge >= 0.3 is 0 Å². The minimum Gasteiger partial charge on any atom is -0.383 e. The van der Waals surface area contributed by atoms with Crippen LogP contribution in [0.2, 0.25) is 0 Å². The molecular weight excluding hydrogens is 252 g/mol. The standard InChI is InChI=1S/C16H24N2O2/c1-12(16(19)17-9-10-20-2)18-15-8-7-13-5-3-4-6-14(13)11-15/h3-6,12,15,18H,7-11H2,1-2H3,(H,17,19). The molecule has 1 aliphatic carbocycles. The Morgan fingerprint density at radius 3 is 2.90 bits per heavy atom. The Balaban J connectivity index is 1.81. The molecule has 0 spiro atoms. The molecule has 2 unspecified atom stereocenters. The zero-order chi connectivity index (χ0) is 14.4. The van der Waals surface area contributed by atoms with Gasteiger partial charge < -0.3 is 15.4 Å². The van der Waals surface area contributed by atoms with E-state index in [4.69, 9.17) is 4.74 Å². The number of nitrogens with one attached hydrogen (secondary N) is 2. The Labute approximate surface area is 120 Å². The van der Waals surface area contributed by atoms with E-state index in [9.17, 15) is 4.79 Å². The number of carbonyl (C=O) groups excluding carboxylic acids is 1. The normalized spacial score (nSPS) is 19.2. The van der Waals surface area contributed by atoms with Gasteiger partial charge in [-0.25, -0.2) is 0 Å². The molecule has 4 heteroatoms. The average Bonchev–Trinajstić information content (AvgIpc) is 2.47. The molecule has 0 fully saturated rings. The topological polar surface area (TPSA) is 50.4 Å². The maximum Gasteiger partial charge on any atom is 0.236 e. The van der Waals surface area contributed by atoms with Crippen molar-refractivity contribution in [2.24, 2.45) is 0 Å². The van der Waals surface area contributed by atoms with Gasteiger partial charge in [0.2, 0.25) is 5.91 Å². The summed E-state index contributed by atoms with van der Waals surface area (Å²) in [6.45, 7) is 3.03. The molecule has 0 saturated heterocycles. The quantitative estimate of drug-likeness (QED) is 0.770. The zero-order valence-corrected chi connectivity index (χ0v) is 12.3. The van der Waals surface area contributed by atoms with Crippen LogP contribution in [0, 0.1) is 0 Å². The molecule has 1 amide bonds.